The van der Waals surface area contributed by atoms with Crippen molar-refractivity contribution in [3.63, 3.8) is 0 Å². The maximum Gasteiger partial charge on any atom is 0.223 e. The van der Waals surface area contributed by atoms with Gasteiger partial charge in [-0.2, -0.15) is 0 Å². The van der Waals surface area contributed by atoms with Gasteiger partial charge in [0.15, 0.2) is 0 Å². The van der Waals surface area contributed by atoms with Gasteiger partial charge in [0.05, 0.1) is 0 Å². The minimum Gasteiger partial charge on any atom is -0.355 e. The van der Waals surface area contributed by atoms with Crippen LogP contribution in [0.4, 0.5) is 0 Å². The lowest BCUT2D eigenvalue weighted by atomic mass is 10.4. The lowest BCUT2D eigenvalue weighted by molar-refractivity contribution is -0.128. The van der Waals surface area contributed by atoms with Crippen molar-refractivity contribution < 1.29 is 9.59 Å². The van der Waals surface area contributed by atoms with E-state index in [4.69, 9.17) is 0 Å². The zero-order chi connectivity index (χ0) is 9.84. The van der Waals surface area contributed by atoms with Gasteiger partial charge in [-0.05, 0) is 0 Å². The van der Waals surface area contributed by atoms with E-state index in [1.807, 2.05) is 0 Å². The first-order chi connectivity index (χ1) is 6.09. The fourth-order valence-corrected chi connectivity index (χ4v) is 1.93. The fraction of sp³-hybridized carbons (Fsp3) is 0.750. The van der Waals surface area contributed by atoms with Gasteiger partial charge in [-0.3, -0.25) is 9.59 Å². The van der Waals surface area contributed by atoms with Crippen molar-refractivity contribution in [2.75, 3.05) is 19.6 Å². The van der Waals surface area contributed by atoms with Crippen LogP contribution in [0.2, 0.25) is 0 Å². The molecular formula is C8H13BrN2O2. The number of carbonyl (C=O) groups is 2. The molecule has 0 aliphatic carbocycles. The number of alkyl halides is 1. The lowest BCUT2D eigenvalue weighted by Gasteiger charge is -2.15. The average molecular weight is 249 g/mol. The first-order valence-corrected chi connectivity index (χ1v) is 5.17. The van der Waals surface area contributed by atoms with E-state index in [1.54, 1.807) is 4.90 Å². The minimum atomic E-state index is -0.0537. The highest BCUT2D eigenvalue weighted by molar-refractivity contribution is 9.09. The van der Waals surface area contributed by atoms with Crippen molar-refractivity contribution in [3.8, 4) is 0 Å². The molecule has 2 amide bonds. The summed E-state index contributed by atoms with van der Waals surface area (Å²) in [4.78, 5) is 23.8. The molecule has 0 radical (unpaired) electrons. The van der Waals surface area contributed by atoms with Crippen molar-refractivity contribution in [2.45, 2.75) is 18.2 Å². The number of nitrogens with one attached hydrogen (secondary N) is 1. The first-order valence-electron chi connectivity index (χ1n) is 4.26. The molecule has 1 aliphatic rings. The van der Waals surface area contributed by atoms with E-state index in [0.29, 0.717) is 19.5 Å². The van der Waals surface area contributed by atoms with Gasteiger partial charge in [0, 0.05) is 37.8 Å². The highest BCUT2D eigenvalue weighted by Crippen LogP contribution is 2.16. The van der Waals surface area contributed by atoms with Crippen LogP contribution in [0.1, 0.15) is 13.3 Å². The molecule has 0 aromatic carbocycles. The van der Waals surface area contributed by atoms with Crippen LogP contribution in [-0.4, -0.2) is 41.2 Å². The molecule has 0 spiro atoms. The summed E-state index contributed by atoms with van der Waals surface area (Å²) in [7, 11) is 0. The number of halogens is 1. The van der Waals surface area contributed by atoms with Crippen molar-refractivity contribution >= 4 is 27.7 Å². The molecule has 1 aliphatic heterocycles. The molecule has 1 saturated heterocycles. The van der Waals surface area contributed by atoms with Crippen LogP contribution in [0.3, 0.4) is 0 Å². The van der Waals surface area contributed by atoms with Crippen LogP contribution in [0.25, 0.3) is 0 Å². The third-order valence-corrected chi connectivity index (χ3v) is 2.54. The monoisotopic (exact) mass is 248 g/mol. The summed E-state index contributed by atoms with van der Waals surface area (Å²) in [6.07, 6.45) is 0.570. The Morgan fingerprint density at radius 1 is 1.77 bits per heavy atom. The number of carbonyl (C=O) groups excluding carboxylic acids is 2. The van der Waals surface area contributed by atoms with E-state index in [9.17, 15) is 9.59 Å². The molecule has 0 aromatic heterocycles. The second kappa shape index (κ2) is 4.60. The van der Waals surface area contributed by atoms with Gasteiger partial charge in [-0.25, -0.2) is 0 Å². The maximum atomic E-state index is 11.2. The summed E-state index contributed by atoms with van der Waals surface area (Å²) in [5, 5.41) is 2.66. The molecule has 5 heteroatoms. The SMILES string of the molecule is CC(=O)NCCN1CC(Br)CC1=O. The molecule has 1 heterocycles. The minimum absolute atomic E-state index is 0.0537. The van der Waals surface area contributed by atoms with Crippen LogP contribution in [0, 0.1) is 0 Å². The predicted molar refractivity (Wildman–Crippen MR) is 52.6 cm³/mol. The Kier molecular flexibility index (Phi) is 3.71. The standard InChI is InChI=1S/C8H13BrN2O2/c1-6(12)10-2-3-11-5-7(9)4-8(11)13/h7H,2-5H2,1H3,(H,10,12). The van der Waals surface area contributed by atoms with Crippen LogP contribution < -0.4 is 5.32 Å². The third kappa shape index (κ3) is 3.34. The summed E-state index contributed by atoms with van der Waals surface area (Å²) >= 11 is 3.39. The summed E-state index contributed by atoms with van der Waals surface area (Å²) < 4.78 is 0. The summed E-state index contributed by atoms with van der Waals surface area (Å²) in [5.74, 6) is 0.106. The van der Waals surface area contributed by atoms with Gasteiger partial charge in [0.2, 0.25) is 11.8 Å². The fourth-order valence-electron chi connectivity index (χ4n) is 1.31. The highest BCUT2D eigenvalue weighted by Gasteiger charge is 2.26. The zero-order valence-electron chi connectivity index (χ0n) is 7.55. The smallest absolute Gasteiger partial charge is 0.223 e. The van der Waals surface area contributed by atoms with E-state index in [1.165, 1.54) is 6.92 Å². The highest BCUT2D eigenvalue weighted by atomic mass is 79.9. The van der Waals surface area contributed by atoms with Gasteiger partial charge >= 0.3 is 0 Å². The molecule has 0 bridgehead atoms. The Morgan fingerprint density at radius 3 is 2.92 bits per heavy atom. The molecule has 1 fully saturated rings. The van der Waals surface area contributed by atoms with Crippen molar-refractivity contribution in [1.82, 2.24) is 10.2 Å². The molecule has 1 unspecified atom stereocenters. The second-order valence-corrected chi connectivity index (χ2v) is 4.42. The quantitative estimate of drug-likeness (QED) is 0.722. The Balaban J connectivity index is 2.22. The van der Waals surface area contributed by atoms with E-state index >= 15 is 0 Å². The van der Waals surface area contributed by atoms with Crippen molar-refractivity contribution in [2.24, 2.45) is 0 Å². The van der Waals surface area contributed by atoms with Crippen LogP contribution in [0.15, 0.2) is 0 Å². The molecule has 1 N–H and O–H groups in total. The summed E-state index contributed by atoms with van der Waals surface area (Å²) in [6.45, 7) is 3.37. The van der Waals surface area contributed by atoms with Crippen LogP contribution in [0.5, 0.6) is 0 Å². The third-order valence-electron chi connectivity index (χ3n) is 1.92. The van der Waals surface area contributed by atoms with Gasteiger partial charge in [-0.15, -0.1) is 0 Å². The van der Waals surface area contributed by atoms with E-state index < -0.39 is 0 Å². The Morgan fingerprint density at radius 2 is 2.46 bits per heavy atom. The number of hydrogen-bond donors (Lipinski definition) is 1. The van der Waals surface area contributed by atoms with Gasteiger partial charge in [-0.1, -0.05) is 15.9 Å². The molecular weight excluding hydrogens is 236 g/mol. The number of likely N-dealkylation sites (tertiary alicyclic amines) is 1. The molecule has 4 nitrogen and oxygen atoms in total. The number of hydrogen-bond acceptors (Lipinski definition) is 2. The normalized spacial score (nSPS) is 22.2. The van der Waals surface area contributed by atoms with Crippen molar-refractivity contribution in [1.29, 1.82) is 0 Å². The molecule has 1 atom stereocenters. The number of amides is 2. The summed E-state index contributed by atoms with van der Waals surface area (Å²) in [5.41, 5.74) is 0. The Bertz CT molecular complexity index is 220. The maximum absolute atomic E-state index is 11.2. The topological polar surface area (TPSA) is 49.4 Å². The first kappa shape index (κ1) is 10.5. The Labute approximate surface area is 85.8 Å². The predicted octanol–water partition coefficient (Wildman–Crippen LogP) is 0.118. The Hall–Kier alpha value is -0.580. The summed E-state index contributed by atoms with van der Waals surface area (Å²) in [6, 6.07) is 0. The van der Waals surface area contributed by atoms with Gasteiger partial charge < -0.3 is 10.2 Å². The van der Waals surface area contributed by atoms with Crippen LogP contribution >= 0.6 is 15.9 Å². The lowest BCUT2D eigenvalue weighted by Crippen LogP contribution is -2.34. The number of rotatable bonds is 3. The molecule has 1 rings (SSSR count). The van der Waals surface area contributed by atoms with E-state index in [2.05, 4.69) is 21.2 Å². The van der Waals surface area contributed by atoms with E-state index in [0.717, 1.165) is 6.54 Å². The molecule has 74 valence electrons. The molecule has 13 heavy (non-hydrogen) atoms. The van der Waals surface area contributed by atoms with Crippen LogP contribution in [-0.2, 0) is 9.59 Å². The van der Waals surface area contributed by atoms with Crippen molar-refractivity contribution in [3.05, 3.63) is 0 Å². The van der Waals surface area contributed by atoms with E-state index in [-0.39, 0.29) is 16.6 Å². The van der Waals surface area contributed by atoms with Gasteiger partial charge in [0.1, 0.15) is 0 Å². The van der Waals surface area contributed by atoms with Gasteiger partial charge in [0.25, 0.3) is 0 Å². The molecule has 0 aromatic rings. The second-order valence-electron chi connectivity index (χ2n) is 3.12. The number of nitrogens with zero attached hydrogens (tertiary/aromatic N) is 1. The zero-order valence-corrected chi connectivity index (χ0v) is 9.13. The average Bonchev–Trinajstić information content (AvgIpc) is 2.29. The molecule has 0 saturated carbocycles. The largest absolute Gasteiger partial charge is 0.355 e.